The lowest BCUT2D eigenvalue weighted by Gasteiger charge is -2.10. The van der Waals surface area contributed by atoms with Crippen LogP contribution in [0.4, 0.5) is 0 Å². The summed E-state index contributed by atoms with van der Waals surface area (Å²) in [7, 11) is 0. The van der Waals surface area contributed by atoms with Crippen molar-refractivity contribution in [2.24, 2.45) is 0 Å². The summed E-state index contributed by atoms with van der Waals surface area (Å²) in [5.74, 6) is 0.393. The maximum Gasteiger partial charge on any atom is 0.306 e. The Morgan fingerprint density at radius 2 is 2.15 bits per heavy atom. The van der Waals surface area contributed by atoms with Crippen molar-refractivity contribution in [3.05, 3.63) is 49.7 Å². The Kier molecular flexibility index (Phi) is 4.82. The van der Waals surface area contributed by atoms with Gasteiger partial charge in [-0.1, -0.05) is 5.16 Å². The van der Waals surface area contributed by atoms with Crippen LogP contribution in [0.5, 0.6) is 0 Å². The predicted molar refractivity (Wildman–Crippen MR) is 100 cm³/mol. The van der Waals surface area contributed by atoms with E-state index in [4.69, 9.17) is 9.26 Å². The number of fused-ring (bicyclic) bond motifs is 3. The molecule has 0 radical (unpaired) electrons. The summed E-state index contributed by atoms with van der Waals surface area (Å²) in [4.78, 5) is 31.0. The zero-order chi connectivity index (χ0) is 19.0. The summed E-state index contributed by atoms with van der Waals surface area (Å²) in [5, 5.41) is 3.88. The lowest BCUT2D eigenvalue weighted by molar-refractivity contribution is -0.145. The zero-order valence-corrected chi connectivity index (χ0v) is 16.2. The molecule has 7 nitrogen and oxygen atoms in total. The first-order valence-electron chi connectivity index (χ1n) is 9.13. The SMILES string of the molecule is Cc1noc(C)c1CCC(=O)OCc1cc(=O)n2c3c(sc2n1)CCCC3. The second kappa shape index (κ2) is 7.26. The number of rotatable bonds is 5. The van der Waals surface area contributed by atoms with Gasteiger partial charge in [-0.05, 0) is 46.0 Å². The average molecular weight is 387 g/mol. The number of hydrogen-bond donors (Lipinski definition) is 0. The van der Waals surface area contributed by atoms with Gasteiger partial charge in [-0.25, -0.2) is 4.98 Å². The Morgan fingerprint density at radius 1 is 1.33 bits per heavy atom. The van der Waals surface area contributed by atoms with Gasteiger partial charge in [0, 0.05) is 28.6 Å². The van der Waals surface area contributed by atoms with E-state index >= 15 is 0 Å². The second-order valence-electron chi connectivity index (χ2n) is 6.85. The van der Waals surface area contributed by atoms with Crippen molar-refractivity contribution in [3.63, 3.8) is 0 Å². The minimum Gasteiger partial charge on any atom is -0.459 e. The molecule has 0 saturated heterocycles. The van der Waals surface area contributed by atoms with Crippen LogP contribution in [0.25, 0.3) is 4.96 Å². The number of carbonyl (C=O) groups is 1. The Morgan fingerprint density at radius 3 is 2.93 bits per heavy atom. The molecule has 0 aromatic carbocycles. The van der Waals surface area contributed by atoms with Gasteiger partial charge in [-0.3, -0.25) is 14.0 Å². The summed E-state index contributed by atoms with van der Waals surface area (Å²) in [6.07, 6.45) is 4.95. The van der Waals surface area contributed by atoms with Crippen molar-refractivity contribution < 1.29 is 14.1 Å². The molecule has 0 spiro atoms. The Balaban J connectivity index is 1.43. The van der Waals surface area contributed by atoms with Crippen LogP contribution >= 0.6 is 11.3 Å². The number of aromatic nitrogens is 3. The van der Waals surface area contributed by atoms with Crippen LogP contribution in [0.15, 0.2) is 15.4 Å². The molecule has 3 aromatic heterocycles. The molecule has 1 aliphatic carbocycles. The van der Waals surface area contributed by atoms with E-state index in [1.807, 2.05) is 13.8 Å². The van der Waals surface area contributed by atoms with Crippen molar-refractivity contribution in [3.8, 4) is 0 Å². The Bertz CT molecular complexity index is 1040. The smallest absolute Gasteiger partial charge is 0.306 e. The molecule has 0 unspecified atom stereocenters. The van der Waals surface area contributed by atoms with Crippen LogP contribution in [-0.2, 0) is 35.4 Å². The van der Waals surface area contributed by atoms with Gasteiger partial charge in [0.25, 0.3) is 5.56 Å². The molecule has 3 heterocycles. The normalized spacial score (nSPS) is 13.7. The first-order valence-corrected chi connectivity index (χ1v) is 9.95. The summed E-state index contributed by atoms with van der Waals surface area (Å²) in [5.41, 5.74) is 3.23. The molecule has 0 aliphatic heterocycles. The molecule has 0 saturated carbocycles. The van der Waals surface area contributed by atoms with Gasteiger partial charge in [0.05, 0.1) is 11.4 Å². The molecule has 0 N–H and O–H groups in total. The Labute approximate surface area is 160 Å². The summed E-state index contributed by atoms with van der Waals surface area (Å²) >= 11 is 1.57. The average Bonchev–Trinajstić information content (AvgIpc) is 3.18. The van der Waals surface area contributed by atoms with Crippen LogP contribution < -0.4 is 5.56 Å². The van der Waals surface area contributed by atoms with Crippen LogP contribution in [0.1, 0.15) is 52.5 Å². The van der Waals surface area contributed by atoms with E-state index in [1.54, 1.807) is 15.7 Å². The molecule has 27 heavy (non-hydrogen) atoms. The maximum absolute atomic E-state index is 12.5. The van der Waals surface area contributed by atoms with E-state index in [0.29, 0.717) is 17.1 Å². The minimum absolute atomic E-state index is 0.00867. The fourth-order valence-corrected chi connectivity index (χ4v) is 4.76. The van der Waals surface area contributed by atoms with Gasteiger partial charge in [0.1, 0.15) is 12.4 Å². The van der Waals surface area contributed by atoms with Crippen LogP contribution in [0.2, 0.25) is 0 Å². The van der Waals surface area contributed by atoms with Crippen molar-refractivity contribution in [2.75, 3.05) is 0 Å². The maximum atomic E-state index is 12.5. The molecule has 0 amide bonds. The zero-order valence-electron chi connectivity index (χ0n) is 15.4. The first kappa shape index (κ1) is 17.9. The molecule has 1 aliphatic rings. The molecular weight excluding hydrogens is 366 g/mol. The van der Waals surface area contributed by atoms with E-state index < -0.39 is 0 Å². The van der Waals surface area contributed by atoms with Crippen molar-refractivity contribution in [1.82, 2.24) is 14.5 Å². The summed E-state index contributed by atoms with van der Waals surface area (Å²) in [6, 6.07) is 1.47. The third kappa shape index (κ3) is 3.53. The van der Waals surface area contributed by atoms with E-state index in [2.05, 4.69) is 10.1 Å². The fraction of sp³-hybridized carbons (Fsp3) is 0.474. The molecule has 0 atom stereocenters. The number of ether oxygens (including phenoxy) is 1. The van der Waals surface area contributed by atoms with Crippen LogP contribution in [-0.4, -0.2) is 20.5 Å². The largest absolute Gasteiger partial charge is 0.459 e. The van der Waals surface area contributed by atoms with E-state index in [0.717, 1.165) is 48.4 Å². The summed E-state index contributed by atoms with van der Waals surface area (Å²) < 4.78 is 12.1. The molecule has 3 aromatic rings. The third-order valence-electron chi connectivity index (χ3n) is 4.96. The number of nitrogens with zero attached hydrogens (tertiary/aromatic N) is 3. The van der Waals surface area contributed by atoms with E-state index in [9.17, 15) is 9.59 Å². The van der Waals surface area contributed by atoms with Gasteiger partial charge < -0.3 is 9.26 Å². The van der Waals surface area contributed by atoms with E-state index in [-0.39, 0.29) is 24.6 Å². The monoisotopic (exact) mass is 387 g/mol. The number of esters is 1. The number of aryl methyl sites for hydroxylation is 4. The molecule has 142 valence electrons. The lowest BCUT2D eigenvalue weighted by atomic mass is 10.0. The standard InChI is InChI=1S/C19H21N3O4S/c1-11-14(12(2)26-21-11)7-8-18(24)25-10-13-9-17(23)22-15-5-3-4-6-16(15)27-19(22)20-13/h9H,3-8,10H2,1-2H3. The Hall–Kier alpha value is -2.48. The molecule has 0 fully saturated rings. The first-order chi connectivity index (χ1) is 13.0. The van der Waals surface area contributed by atoms with Gasteiger partial charge in [0.15, 0.2) is 4.96 Å². The number of hydrogen-bond acceptors (Lipinski definition) is 7. The molecule has 4 rings (SSSR count). The van der Waals surface area contributed by atoms with Crippen LogP contribution in [0.3, 0.4) is 0 Å². The highest BCUT2D eigenvalue weighted by molar-refractivity contribution is 7.17. The molecular formula is C19H21N3O4S. The number of thiazole rings is 1. The molecule has 8 heteroatoms. The predicted octanol–water partition coefficient (Wildman–Crippen LogP) is 2.92. The van der Waals surface area contributed by atoms with Crippen LogP contribution in [0, 0.1) is 13.8 Å². The van der Waals surface area contributed by atoms with E-state index in [1.165, 1.54) is 10.9 Å². The minimum atomic E-state index is -0.331. The van der Waals surface area contributed by atoms with Gasteiger partial charge >= 0.3 is 5.97 Å². The fourth-order valence-electron chi connectivity index (χ4n) is 3.53. The summed E-state index contributed by atoms with van der Waals surface area (Å²) in [6.45, 7) is 3.69. The quantitative estimate of drug-likeness (QED) is 0.626. The van der Waals surface area contributed by atoms with Crippen molar-refractivity contribution in [2.45, 2.75) is 59.0 Å². The highest BCUT2D eigenvalue weighted by atomic mass is 32.1. The van der Waals surface area contributed by atoms with Crippen molar-refractivity contribution >= 4 is 22.3 Å². The third-order valence-corrected chi connectivity index (χ3v) is 6.10. The van der Waals surface area contributed by atoms with Gasteiger partial charge in [-0.15, -0.1) is 11.3 Å². The lowest BCUT2D eigenvalue weighted by Crippen LogP contribution is -2.18. The van der Waals surface area contributed by atoms with Crippen molar-refractivity contribution in [1.29, 1.82) is 0 Å². The highest BCUT2D eigenvalue weighted by Gasteiger charge is 2.19. The topological polar surface area (TPSA) is 86.7 Å². The highest BCUT2D eigenvalue weighted by Crippen LogP contribution is 2.28. The van der Waals surface area contributed by atoms with Gasteiger partial charge in [-0.2, -0.15) is 0 Å². The molecule has 0 bridgehead atoms. The van der Waals surface area contributed by atoms with Gasteiger partial charge in [0.2, 0.25) is 0 Å². The second-order valence-corrected chi connectivity index (χ2v) is 7.91. The number of carbonyl (C=O) groups excluding carboxylic acids is 1.